The van der Waals surface area contributed by atoms with Gasteiger partial charge in [0.2, 0.25) is 0 Å². The molecule has 0 unspecified atom stereocenters. The third-order valence-electron chi connectivity index (χ3n) is 5.10. The van der Waals surface area contributed by atoms with Crippen molar-refractivity contribution in [3.05, 3.63) is 71.0 Å². The zero-order valence-electron chi connectivity index (χ0n) is 17.1. The summed E-state index contributed by atoms with van der Waals surface area (Å²) in [5.41, 5.74) is 3.62. The van der Waals surface area contributed by atoms with Crippen LogP contribution in [0.25, 0.3) is 0 Å². The minimum atomic E-state index is -0.214. The first kappa shape index (κ1) is 21.1. The number of nitrogens with zero attached hydrogens (tertiary/aromatic N) is 3. The lowest BCUT2D eigenvalue weighted by molar-refractivity contribution is 0.0302. The van der Waals surface area contributed by atoms with E-state index < -0.39 is 0 Å². The van der Waals surface area contributed by atoms with E-state index in [0.29, 0.717) is 43.1 Å². The van der Waals surface area contributed by atoms with Gasteiger partial charge in [-0.2, -0.15) is 5.10 Å². The second kappa shape index (κ2) is 9.76. The number of aromatic amines is 1. The van der Waals surface area contributed by atoms with Gasteiger partial charge in [-0.1, -0.05) is 30.0 Å². The molecule has 2 amide bonds. The number of nitrogens with one attached hydrogen (secondary N) is 2. The van der Waals surface area contributed by atoms with Crippen LogP contribution in [0, 0.1) is 6.92 Å². The minimum Gasteiger partial charge on any atom is -0.378 e. The Hall–Kier alpha value is -3.17. The molecule has 2 heterocycles. The molecule has 0 aliphatic carbocycles. The van der Waals surface area contributed by atoms with Crippen LogP contribution in [0.2, 0.25) is 0 Å². The summed E-state index contributed by atoms with van der Waals surface area (Å²) in [6.07, 6.45) is 1.47. The van der Waals surface area contributed by atoms with E-state index in [0.717, 1.165) is 22.0 Å². The van der Waals surface area contributed by atoms with Gasteiger partial charge in [0.25, 0.3) is 11.8 Å². The van der Waals surface area contributed by atoms with Crippen LogP contribution in [0.15, 0.2) is 53.9 Å². The highest BCUT2D eigenvalue weighted by Crippen LogP contribution is 2.23. The second-order valence-electron chi connectivity index (χ2n) is 7.11. The van der Waals surface area contributed by atoms with Crippen LogP contribution in [-0.4, -0.2) is 58.2 Å². The summed E-state index contributed by atoms with van der Waals surface area (Å²) >= 11 is 1.54. The van der Waals surface area contributed by atoms with Crippen molar-refractivity contribution in [2.75, 3.05) is 31.6 Å². The van der Waals surface area contributed by atoms with E-state index in [1.165, 1.54) is 6.33 Å². The molecule has 3 aromatic rings. The zero-order valence-corrected chi connectivity index (χ0v) is 17.9. The van der Waals surface area contributed by atoms with Gasteiger partial charge in [0.05, 0.1) is 13.2 Å². The van der Waals surface area contributed by atoms with Crippen molar-refractivity contribution in [2.45, 2.75) is 17.8 Å². The first-order valence-electron chi connectivity index (χ1n) is 9.97. The Kier molecular flexibility index (Phi) is 6.63. The monoisotopic (exact) mass is 437 g/mol. The Bertz CT molecular complexity index is 1050. The van der Waals surface area contributed by atoms with Gasteiger partial charge in [0.15, 0.2) is 5.16 Å². The van der Waals surface area contributed by atoms with Crippen LogP contribution in [0.4, 0.5) is 5.69 Å². The Morgan fingerprint density at radius 1 is 1.16 bits per heavy atom. The molecule has 9 heteroatoms. The van der Waals surface area contributed by atoms with E-state index >= 15 is 0 Å². The molecule has 160 valence electrons. The summed E-state index contributed by atoms with van der Waals surface area (Å²) in [6, 6.07) is 12.8. The summed E-state index contributed by atoms with van der Waals surface area (Å²) in [5.74, 6) is 0.473. The smallest absolute Gasteiger partial charge is 0.255 e. The fourth-order valence-corrected chi connectivity index (χ4v) is 4.04. The first-order chi connectivity index (χ1) is 15.1. The molecule has 8 nitrogen and oxygen atoms in total. The molecule has 31 heavy (non-hydrogen) atoms. The maximum absolute atomic E-state index is 12.9. The van der Waals surface area contributed by atoms with Gasteiger partial charge in [0, 0.05) is 35.7 Å². The third kappa shape index (κ3) is 5.12. The molecule has 1 fully saturated rings. The van der Waals surface area contributed by atoms with Crippen molar-refractivity contribution >= 4 is 29.3 Å². The standard InChI is InChI=1S/C22H23N5O3S/c1-15-18(21(29)27-9-11-30-12-10-27)3-2-4-19(15)25-20(28)17-7-5-16(6-8-17)13-31-22-23-14-24-26-22/h2-8,14H,9-13H2,1H3,(H,25,28)(H,23,24,26). The molecule has 0 spiro atoms. The quantitative estimate of drug-likeness (QED) is 0.575. The third-order valence-corrected chi connectivity index (χ3v) is 6.04. The van der Waals surface area contributed by atoms with Gasteiger partial charge in [-0.05, 0) is 42.3 Å². The van der Waals surface area contributed by atoms with Crippen molar-refractivity contribution < 1.29 is 14.3 Å². The number of thioether (sulfide) groups is 1. The molecule has 1 aromatic heterocycles. The molecule has 0 bridgehead atoms. The Morgan fingerprint density at radius 2 is 1.94 bits per heavy atom. The van der Waals surface area contributed by atoms with Crippen molar-refractivity contribution in [1.82, 2.24) is 20.1 Å². The largest absolute Gasteiger partial charge is 0.378 e. The molecule has 2 aromatic carbocycles. The molecule has 4 rings (SSSR count). The summed E-state index contributed by atoms with van der Waals surface area (Å²) in [7, 11) is 0. The maximum Gasteiger partial charge on any atom is 0.255 e. The van der Waals surface area contributed by atoms with E-state index in [2.05, 4.69) is 20.5 Å². The van der Waals surface area contributed by atoms with Crippen molar-refractivity contribution in [3.8, 4) is 0 Å². The predicted octanol–water partition coefficient (Wildman–Crippen LogP) is 3.13. The second-order valence-corrected chi connectivity index (χ2v) is 8.08. The summed E-state index contributed by atoms with van der Waals surface area (Å²) < 4.78 is 5.32. The number of hydrogen-bond acceptors (Lipinski definition) is 6. The Balaban J connectivity index is 1.41. The molecular formula is C22H23N5O3S. The number of morpholine rings is 1. The normalized spacial score (nSPS) is 13.8. The van der Waals surface area contributed by atoms with Gasteiger partial charge < -0.3 is 15.0 Å². The SMILES string of the molecule is Cc1c(NC(=O)c2ccc(CSc3ncn[nH]3)cc2)cccc1C(=O)N1CCOCC1. The number of aromatic nitrogens is 3. The molecule has 0 atom stereocenters. The summed E-state index contributed by atoms with van der Waals surface area (Å²) in [6.45, 7) is 4.11. The molecule has 1 aliphatic heterocycles. The number of benzene rings is 2. The van der Waals surface area contributed by atoms with Crippen LogP contribution in [0.1, 0.15) is 31.8 Å². The van der Waals surface area contributed by atoms with Crippen molar-refractivity contribution in [1.29, 1.82) is 0 Å². The fraction of sp³-hybridized carbons (Fsp3) is 0.273. The zero-order chi connectivity index (χ0) is 21.6. The minimum absolute atomic E-state index is 0.0366. The van der Waals surface area contributed by atoms with Gasteiger partial charge >= 0.3 is 0 Å². The van der Waals surface area contributed by atoms with E-state index in [-0.39, 0.29) is 11.8 Å². The number of anilines is 1. The van der Waals surface area contributed by atoms with E-state index in [4.69, 9.17) is 4.74 Å². The topological polar surface area (TPSA) is 100 Å². The number of carbonyl (C=O) groups excluding carboxylic acids is 2. The van der Waals surface area contributed by atoms with Crippen molar-refractivity contribution in [2.24, 2.45) is 0 Å². The van der Waals surface area contributed by atoms with Crippen molar-refractivity contribution in [3.63, 3.8) is 0 Å². The average Bonchev–Trinajstić information content (AvgIpc) is 3.33. The molecule has 0 saturated carbocycles. The average molecular weight is 438 g/mol. The highest BCUT2D eigenvalue weighted by atomic mass is 32.2. The summed E-state index contributed by atoms with van der Waals surface area (Å²) in [5, 5.41) is 10.3. The molecule has 1 saturated heterocycles. The molecule has 2 N–H and O–H groups in total. The lowest BCUT2D eigenvalue weighted by atomic mass is 10.0. The van der Waals surface area contributed by atoms with Crippen LogP contribution in [0.3, 0.4) is 0 Å². The molecular weight excluding hydrogens is 414 g/mol. The first-order valence-corrected chi connectivity index (χ1v) is 11.0. The number of rotatable bonds is 6. The maximum atomic E-state index is 12.9. The van der Waals surface area contributed by atoms with Crippen LogP contribution < -0.4 is 5.32 Å². The number of amides is 2. The van der Waals surface area contributed by atoms with Gasteiger partial charge in [-0.15, -0.1) is 0 Å². The highest BCUT2D eigenvalue weighted by molar-refractivity contribution is 7.98. The van der Waals surface area contributed by atoms with E-state index in [9.17, 15) is 9.59 Å². The van der Waals surface area contributed by atoms with E-state index in [1.807, 2.05) is 25.1 Å². The number of hydrogen-bond donors (Lipinski definition) is 2. The highest BCUT2D eigenvalue weighted by Gasteiger charge is 2.21. The van der Waals surface area contributed by atoms with Crippen LogP contribution in [0.5, 0.6) is 0 Å². The Labute approximate surface area is 184 Å². The predicted molar refractivity (Wildman–Crippen MR) is 118 cm³/mol. The van der Waals surface area contributed by atoms with Crippen LogP contribution in [-0.2, 0) is 10.5 Å². The summed E-state index contributed by atoms with van der Waals surface area (Å²) in [4.78, 5) is 31.5. The van der Waals surface area contributed by atoms with Gasteiger partial charge in [-0.25, -0.2) is 4.98 Å². The number of ether oxygens (including phenoxy) is 1. The lowest BCUT2D eigenvalue weighted by Crippen LogP contribution is -2.41. The number of carbonyl (C=O) groups is 2. The molecule has 0 radical (unpaired) electrons. The fourth-order valence-electron chi connectivity index (χ4n) is 3.30. The lowest BCUT2D eigenvalue weighted by Gasteiger charge is -2.27. The van der Waals surface area contributed by atoms with E-state index in [1.54, 1.807) is 40.9 Å². The van der Waals surface area contributed by atoms with Gasteiger partial charge in [0.1, 0.15) is 6.33 Å². The number of H-pyrrole nitrogens is 1. The van der Waals surface area contributed by atoms with Crippen LogP contribution >= 0.6 is 11.8 Å². The van der Waals surface area contributed by atoms with Gasteiger partial charge in [-0.3, -0.25) is 14.7 Å². The molecule has 1 aliphatic rings. The Morgan fingerprint density at radius 3 is 2.65 bits per heavy atom.